The summed E-state index contributed by atoms with van der Waals surface area (Å²) in [6.45, 7) is 2.60. The minimum absolute atomic E-state index is 0.167. The summed E-state index contributed by atoms with van der Waals surface area (Å²) < 4.78 is 0. The van der Waals surface area contributed by atoms with Crippen molar-refractivity contribution in [1.82, 2.24) is 10.3 Å². The van der Waals surface area contributed by atoms with Crippen LogP contribution in [0.4, 0.5) is 0 Å². The molecule has 14 heavy (non-hydrogen) atoms. The lowest BCUT2D eigenvalue weighted by atomic mass is 9.96. The van der Waals surface area contributed by atoms with Crippen molar-refractivity contribution < 1.29 is 14.7 Å². The lowest BCUT2D eigenvalue weighted by molar-refractivity contribution is -0.148. The topological polar surface area (TPSA) is 95.7 Å². The van der Waals surface area contributed by atoms with Crippen LogP contribution in [0.1, 0.15) is 13.3 Å². The predicted molar refractivity (Wildman–Crippen MR) is 48.7 cm³/mol. The largest absolute Gasteiger partial charge is 0.391 e. The highest BCUT2D eigenvalue weighted by atomic mass is 16.3. The number of hydrazine groups is 1. The average Bonchev–Trinajstić information content (AvgIpc) is 2.20. The van der Waals surface area contributed by atoms with Gasteiger partial charge in [-0.05, 0) is 12.3 Å². The maximum Gasteiger partial charge on any atom is 0.323 e. The fourth-order valence-electron chi connectivity index (χ4n) is 1.44. The molecule has 2 unspecified atom stereocenters. The quantitative estimate of drug-likeness (QED) is 0.186. The molecule has 1 rings (SSSR count). The molecule has 0 bridgehead atoms. The number of β-amino-alcohol motifs (C(OH)–C–C–N with tert-alkyl or cyclic N) is 1. The number of aliphatic hydroxyl groups is 1. The number of likely N-dealkylation sites (tertiary alicyclic amines) is 1. The van der Waals surface area contributed by atoms with Crippen molar-refractivity contribution in [3.8, 4) is 0 Å². The molecular weight excluding hydrogens is 186 g/mol. The minimum Gasteiger partial charge on any atom is -0.391 e. The number of aliphatic hydroxyl groups excluding tert-OH is 1. The van der Waals surface area contributed by atoms with Gasteiger partial charge in [-0.1, -0.05) is 6.92 Å². The van der Waals surface area contributed by atoms with Gasteiger partial charge in [-0.2, -0.15) is 0 Å². The number of rotatable bonds is 0. The highest BCUT2D eigenvalue weighted by molar-refractivity contribution is 6.34. The molecule has 0 aromatic heterocycles. The van der Waals surface area contributed by atoms with E-state index in [2.05, 4.69) is 0 Å². The smallest absolute Gasteiger partial charge is 0.323 e. The molecule has 0 aromatic rings. The van der Waals surface area contributed by atoms with Gasteiger partial charge in [0.15, 0.2) is 0 Å². The molecule has 6 heteroatoms. The van der Waals surface area contributed by atoms with E-state index in [-0.39, 0.29) is 12.5 Å². The van der Waals surface area contributed by atoms with Gasteiger partial charge in [-0.3, -0.25) is 15.0 Å². The van der Waals surface area contributed by atoms with E-state index < -0.39 is 17.9 Å². The standard InChI is InChI=1S/C8H15N3O3/c1-5-2-3-11(4-6(5)12)8(14)7(13)10-9/h5-6,12H,2-4,9H2,1H3,(H,10,13). The first-order valence-corrected chi connectivity index (χ1v) is 4.54. The van der Waals surface area contributed by atoms with Gasteiger partial charge in [0.25, 0.3) is 0 Å². The molecule has 6 nitrogen and oxygen atoms in total. The average molecular weight is 201 g/mol. The third-order valence-electron chi connectivity index (χ3n) is 2.53. The Kier molecular flexibility index (Phi) is 3.43. The molecule has 1 aliphatic rings. The maximum absolute atomic E-state index is 11.3. The van der Waals surface area contributed by atoms with Gasteiger partial charge in [0.05, 0.1) is 6.10 Å². The highest BCUT2D eigenvalue weighted by Gasteiger charge is 2.29. The van der Waals surface area contributed by atoms with E-state index in [0.717, 1.165) is 0 Å². The van der Waals surface area contributed by atoms with Crippen LogP contribution in [0.3, 0.4) is 0 Å². The molecule has 1 heterocycles. The van der Waals surface area contributed by atoms with Crippen LogP contribution in [0.2, 0.25) is 0 Å². The molecule has 1 saturated heterocycles. The van der Waals surface area contributed by atoms with Gasteiger partial charge in [-0.15, -0.1) is 0 Å². The lowest BCUT2D eigenvalue weighted by Crippen LogP contribution is -2.51. The number of carbonyl (C=O) groups excluding carboxylic acids is 2. The second-order valence-electron chi connectivity index (χ2n) is 3.56. The molecule has 0 radical (unpaired) electrons. The monoisotopic (exact) mass is 201 g/mol. The zero-order chi connectivity index (χ0) is 10.7. The number of nitrogens with zero attached hydrogens (tertiary/aromatic N) is 1. The Balaban J connectivity index is 2.54. The molecule has 2 amide bonds. The first kappa shape index (κ1) is 10.9. The first-order valence-electron chi connectivity index (χ1n) is 4.54. The number of amides is 2. The van der Waals surface area contributed by atoms with Crippen LogP contribution < -0.4 is 11.3 Å². The van der Waals surface area contributed by atoms with Crippen LogP contribution in [0, 0.1) is 5.92 Å². The Morgan fingerprint density at radius 3 is 2.71 bits per heavy atom. The predicted octanol–water partition coefficient (Wildman–Crippen LogP) is -1.79. The number of nitrogens with one attached hydrogen (secondary N) is 1. The van der Waals surface area contributed by atoms with E-state index in [1.165, 1.54) is 4.90 Å². The van der Waals surface area contributed by atoms with Gasteiger partial charge < -0.3 is 10.0 Å². The van der Waals surface area contributed by atoms with E-state index in [0.29, 0.717) is 13.0 Å². The summed E-state index contributed by atoms with van der Waals surface area (Å²) in [4.78, 5) is 23.5. The van der Waals surface area contributed by atoms with Gasteiger partial charge in [-0.25, -0.2) is 5.84 Å². The first-order chi connectivity index (χ1) is 6.56. The third-order valence-corrected chi connectivity index (χ3v) is 2.53. The fourth-order valence-corrected chi connectivity index (χ4v) is 1.44. The van der Waals surface area contributed by atoms with Crippen molar-refractivity contribution in [3.05, 3.63) is 0 Å². The van der Waals surface area contributed by atoms with Crippen molar-refractivity contribution in [2.75, 3.05) is 13.1 Å². The van der Waals surface area contributed by atoms with E-state index in [9.17, 15) is 14.7 Å². The second kappa shape index (κ2) is 4.39. The van der Waals surface area contributed by atoms with Crippen LogP contribution in [0.15, 0.2) is 0 Å². The van der Waals surface area contributed by atoms with Crippen LogP contribution in [-0.4, -0.2) is 41.0 Å². The molecule has 0 aliphatic carbocycles. The van der Waals surface area contributed by atoms with Crippen LogP contribution in [0.5, 0.6) is 0 Å². The summed E-state index contributed by atoms with van der Waals surface area (Å²) in [6, 6.07) is 0. The normalized spacial score (nSPS) is 27.2. The SMILES string of the molecule is CC1CCN(C(=O)C(=O)NN)CC1O. The number of piperidine rings is 1. The Morgan fingerprint density at radius 2 is 2.21 bits per heavy atom. The van der Waals surface area contributed by atoms with Crippen LogP contribution >= 0.6 is 0 Å². The lowest BCUT2D eigenvalue weighted by Gasteiger charge is -2.33. The van der Waals surface area contributed by atoms with E-state index in [4.69, 9.17) is 5.84 Å². The Labute approximate surface area is 82.0 Å². The van der Waals surface area contributed by atoms with Crippen molar-refractivity contribution in [2.45, 2.75) is 19.4 Å². The summed E-state index contributed by atoms with van der Waals surface area (Å²) in [5, 5.41) is 9.49. The number of hydrogen-bond acceptors (Lipinski definition) is 4. The molecule has 1 aliphatic heterocycles. The maximum atomic E-state index is 11.3. The molecule has 0 spiro atoms. The summed E-state index contributed by atoms with van der Waals surface area (Å²) in [7, 11) is 0. The molecular formula is C8H15N3O3. The molecule has 4 N–H and O–H groups in total. The fraction of sp³-hybridized carbons (Fsp3) is 0.750. The van der Waals surface area contributed by atoms with Gasteiger partial charge >= 0.3 is 11.8 Å². The molecule has 80 valence electrons. The molecule has 0 saturated carbocycles. The van der Waals surface area contributed by atoms with Crippen molar-refractivity contribution in [3.63, 3.8) is 0 Å². The van der Waals surface area contributed by atoms with Crippen molar-refractivity contribution in [1.29, 1.82) is 0 Å². The zero-order valence-corrected chi connectivity index (χ0v) is 8.06. The second-order valence-corrected chi connectivity index (χ2v) is 3.56. The van der Waals surface area contributed by atoms with Crippen molar-refractivity contribution >= 4 is 11.8 Å². The number of nitrogens with two attached hydrogens (primary N) is 1. The van der Waals surface area contributed by atoms with E-state index in [1.807, 2.05) is 6.92 Å². The summed E-state index contributed by atoms with van der Waals surface area (Å²) in [5.74, 6) is 3.48. The molecule has 1 fully saturated rings. The number of carbonyl (C=O) groups is 2. The highest BCUT2D eigenvalue weighted by Crippen LogP contribution is 2.16. The summed E-state index contributed by atoms with van der Waals surface area (Å²) in [5.41, 5.74) is 1.78. The van der Waals surface area contributed by atoms with Gasteiger partial charge in [0.2, 0.25) is 0 Å². The minimum atomic E-state index is -0.841. The third kappa shape index (κ3) is 2.21. The van der Waals surface area contributed by atoms with Gasteiger partial charge in [0.1, 0.15) is 0 Å². The number of hydrogen-bond donors (Lipinski definition) is 3. The van der Waals surface area contributed by atoms with E-state index in [1.54, 1.807) is 5.43 Å². The summed E-state index contributed by atoms with van der Waals surface area (Å²) in [6.07, 6.45) is 0.142. The summed E-state index contributed by atoms with van der Waals surface area (Å²) >= 11 is 0. The van der Waals surface area contributed by atoms with E-state index >= 15 is 0 Å². The molecule has 2 atom stereocenters. The Hall–Kier alpha value is -1.14. The van der Waals surface area contributed by atoms with Crippen molar-refractivity contribution in [2.24, 2.45) is 11.8 Å². The molecule has 0 aromatic carbocycles. The van der Waals surface area contributed by atoms with Crippen LogP contribution in [-0.2, 0) is 9.59 Å². The van der Waals surface area contributed by atoms with Crippen LogP contribution in [0.25, 0.3) is 0 Å². The van der Waals surface area contributed by atoms with Gasteiger partial charge in [0, 0.05) is 13.1 Å². The Bertz CT molecular complexity index is 244. The zero-order valence-electron chi connectivity index (χ0n) is 8.06. The Morgan fingerprint density at radius 1 is 1.57 bits per heavy atom.